The van der Waals surface area contributed by atoms with E-state index in [1.807, 2.05) is 60.7 Å². The fourth-order valence-corrected chi connectivity index (χ4v) is 3.13. The van der Waals surface area contributed by atoms with Crippen molar-refractivity contribution in [2.45, 2.75) is 6.54 Å². The highest BCUT2D eigenvalue weighted by Gasteiger charge is 2.13. The molecule has 0 fully saturated rings. The maximum atomic E-state index is 12.2. The van der Waals surface area contributed by atoms with Crippen LogP contribution < -0.4 is 10.9 Å². The van der Waals surface area contributed by atoms with Crippen molar-refractivity contribution in [1.29, 1.82) is 0 Å². The van der Waals surface area contributed by atoms with Gasteiger partial charge in [-0.25, -0.2) is 9.78 Å². The molecule has 0 spiro atoms. The quantitative estimate of drug-likeness (QED) is 0.505. The van der Waals surface area contributed by atoms with Gasteiger partial charge in [0.05, 0.1) is 16.6 Å². The molecule has 0 atom stereocenters. The SMILES string of the molecule is O=C(O)NCc1ccc(-c2nc3cc[nH]c(=O)c3cc2-c2ccccc2)cc1. The van der Waals surface area contributed by atoms with Gasteiger partial charge >= 0.3 is 6.09 Å². The van der Waals surface area contributed by atoms with E-state index in [1.165, 1.54) is 0 Å². The van der Waals surface area contributed by atoms with E-state index < -0.39 is 6.09 Å². The van der Waals surface area contributed by atoms with Crippen molar-refractivity contribution in [3.63, 3.8) is 0 Å². The van der Waals surface area contributed by atoms with E-state index in [9.17, 15) is 9.59 Å². The number of amides is 1. The molecule has 0 aliphatic carbocycles. The van der Waals surface area contributed by atoms with Crippen LogP contribution in [0.3, 0.4) is 0 Å². The number of pyridine rings is 2. The molecular formula is C22H17N3O3. The maximum Gasteiger partial charge on any atom is 0.404 e. The number of carbonyl (C=O) groups is 1. The van der Waals surface area contributed by atoms with E-state index in [-0.39, 0.29) is 12.1 Å². The number of hydrogen-bond acceptors (Lipinski definition) is 3. The Morgan fingerprint density at radius 3 is 2.46 bits per heavy atom. The fourth-order valence-electron chi connectivity index (χ4n) is 3.13. The van der Waals surface area contributed by atoms with Crippen LogP contribution in [0.15, 0.2) is 77.7 Å². The second-order valence-electron chi connectivity index (χ2n) is 6.35. The highest BCUT2D eigenvalue weighted by Crippen LogP contribution is 2.32. The Kier molecular flexibility index (Phi) is 4.60. The Hall–Kier alpha value is -3.93. The molecule has 2 aromatic carbocycles. The van der Waals surface area contributed by atoms with Gasteiger partial charge in [0.2, 0.25) is 0 Å². The first-order chi connectivity index (χ1) is 13.6. The van der Waals surface area contributed by atoms with Gasteiger partial charge in [-0.05, 0) is 23.3 Å². The van der Waals surface area contributed by atoms with E-state index in [0.29, 0.717) is 10.9 Å². The zero-order valence-electron chi connectivity index (χ0n) is 14.8. The van der Waals surface area contributed by atoms with Gasteiger partial charge < -0.3 is 15.4 Å². The molecule has 0 unspecified atom stereocenters. The summed E-state index contributed by atoms with van der Waals surface area (Å²) in [6.45, 7) is 0.238. The third kappa shape index (κ3) is 3.48. The van der Waals surface area contributed by atoms with Gasteiger partial charge in [-0.15, -0.1) is 0 Å². The number of carboxylic acid groups (broad SMARTS) is 1. The van der Waals surface area contributed by atoms with Gasteiger partial charge in [0.15, 0.2) is 0 Å². The smallest absolute Gasteiger partial charge is 0.404 e. The van der Waals surface area contributed by atoms with E-state index in [0.717, 1.165) is 27.9 Å². The van der Waals surface area contributed by atoms with Gasteiger partial charge in [0.1, 0.15) is 0 Å². The summed E-state index contributed by atoms with van der Waals surface area (Å²) in [6.07, 6.45) is 0.529. The summed E-state index contributed by atoms with van der Waals surface area (Å²) in [6, 6.07) is 21.0. The predicted molar refractivity (Wildman–Crippen MR) is 108 cm³/mol. The third-order valence-electron chi connectivity index (χ3n) is 4.51. The lowest BCUT2D eigenvalue weighted by Gasteiger charge is -2.12. The van der Waals surface area contributed by atoms with Gasteiger partial charge in [0.25, 0.3) is 5.56 Å². The van der Waals surface area contributed by atoms with Crippen LogP contribution in [0.2, 0.25) is 0 Å². The maximum absolute atomic E-state index is 12.2. The molecule has 0 saturated heterocycles. The van der Waals surface area contributed by atoms with E-state index in [1.54, 1.807) is 12.3 Å². The Morgan fingerprint density at radius 2 is 1.75 bits per heavy atom. The number of aromatic nitrogens is 2. The van der Waals surface area contributed by atoms with Gasteiger partial charge in [-0.1, -0.05) is 54.6 Å². The van der Waals surface area contributed by atoms with E-state index in [4.69, 9.17) is 10.1 Å². The number of aromatic amines is 1. The van der Waals surface area contributed by atoms with Crippen LogP contribution in [0.25, 0.3) is 33.3 Å². The number of hydrogen-bond donors (Lipinski definition) is 3. The topological polar surface area (TPSA) is 95.1 Å². The molecule has 6 nitrogen and oxygen atoms in total. The summed E-state index contributed by atoms with van der Waals surface area (Å²) in [5.74, 6) is 0. The number of rotatable bonds is 4. The zero-order chi connectivity index (χ0) is 19.5. The van der Waals surface area contributed by atoms with Crippen LogP contribution in [0.4, 0.5) is 4.79 Å². The second-order valence-corrected chi connectivity index (χ2v) is 6.35. The van der Waals surface area contributed by atoms with Crippen molar-refractivity contribution in [3.8, 4) is 22.4 Å². The summed E-state index contributed by atoms with van der Waals surface area (Å²) in [5.41, 5.74) is 4.78. The molecule has 138 valence electrons. The highest BCUT2D eigenvalue weighted by molar-refractivity contribution is 5.91. The minimum absolute atomic E-state index is 0.177. The number of H-pyrrole nitrogens is 1. The molecule has 1 amide bonds. The lowest BCUT2D eigenvalue weighted by atomic mass is 9.97. The molecule has 2 aromatic heterocycles. The van der Waals surface area contributed by atoms with Crippen LogP contribution in [0, 0.1) is 0 Å². The van der Waals surface area contributed by atoms with Crippen LogP contribution >= 0.6 is 0 Å². The van der Waals surface area contributed by atoms with Crippen molar-refractivity contribution in [1.82, 2.24) is 15.3 Å². The Bertz CT molecular complexity index is 1200. The largest absolute Gasteiger partial charge is 0.465 e. The minimum atomic E-state index is -1.06. The van der Waals surface area contributed by atoms with Gasteiger partial charge in [-0.2, -0.15) is 0 Å². The lowest BCUT2D eigenvalue weighted by Crippen LogP contribution is -2.19. The molecular weight excluding hydrogens is 354 g/mol. The van der Waals surface area contributed by atoms with Crippen LogP contribution in [0.5, 0.6) is 0 Å². The van der Waals surface area contributed by atoms with Crippen molar-refractivity contribution >= 4 is 17.0 Å². The Labute approximate surface area is 160 Å². The first kappa shape index (κ1) is 17.5. The minimum Gasteiger partial charge on any atom is -0.465 e. The standard InChI is InChI=1S/C22H17N3O3/c26-21-18-12-17(15-4-2-1-3-5-15)20(25-19(18)10-11-23-21)16-8-6-14(7-9-16)13-24-22(27)28/h1-12,24H,13H2,(H,23,26)(H,27,28). The van der Waals surface area contributed by atoms with Crippen molar-refractivity contribution in [2.24, 2.45) is 0 Å². The van der Waals surface area contributed by atoms with Gasteiger partial charge in [-0.3, -0.25) is 4.79 Å². The van der Waals surface area contributed by atoms with Gasteiger partial charge in [0, 0.05) is 23.9 Å². The first-order valence-electron chi connectivity index (χ1n) is 8.76. The Morgan fingerprint density at radius 1 is 1.00 bits per heavy atom. The molecule has 4 aromatic rings. The van der Waals surface area contributed by atoms with Crippen LogP contribution in [-0.2, 0) is 6.54 Å². The second kappa shape index (κ2) is 7.36. The average Bonchev–Trinajstić information content (AvgIpc) is 2.73. The van der Waals surface area contributed by atoms with E-state index in [2.05, 4.69) is 10.3 Å². The number of fused-ring (bicyclic) bond motifs is 1. The first-order valence-corrected chi connectivity index (χ1v) is 8.76. The summed E-state index contributed by atoms with van der Waals surface area (Å²) >= 11 is 0. The Balaban J connectivity index is 1.85. The van der Waals surface area contributed by atoms with Crippen LogP contribution in [-0.4, -0.2) is 21.2 Å². The van der Waals surface area contributed by atoms with Crippen molar-refractivity contribution in [3.05, 3.63) is 88.8 Å². The number of nitrogens with zero attached hydrogens (tertiary/aromatic N) is 1. The monoisotopic (exact) mass is 371 g/mol. The molecule has 4 rings (SSSR count). The molecule has 0 radical (unpaired) electrons. The lowest BCUT2D eigenvalue weighted by molar-refractivity contribution is 0.194. The molecule has 0 saturated carbocycles. The normalized spacial score (nSPS) is 10.7. The highest BCUT2D eigenvalue weighted by atomic mass is 16.4. The molecule has 0 bridgehead atoms. The molecule has 3 N–H and O–H groups in total. The number of nitrogens with one attached hydrogen (secondary N) is 2. The van der Waals surface area contributed by atoms with Crippen molar-refractivity contribution < 1.29 is 9.90 Å². The summed E-state index contributed by atoms with van der Waals surface area (Å²) in [5, 5.41) is 11.6. The molecule has 0 aliphatic heterocycles. The average molecular weight is 371 g/mol. The summed E-state index contributed by atoms with van der Waals surface area (Å²) < 4.78 is 0. The van der Waals surface area contributed by atoms with Crippen LogP contribution in [0.1, 0.15) is 5.56 Å². The fraction of sp³-hybridized carbons (Fsp3) is 0.0455. The molecule has 28 heavy (non-hydrogen) atoms. The number of benzene rings is 2. The molecule has 0 aliphatic rings. The summed E-state index contributed by atoms with van der Waals surface area (Å²) in [4.78, 5) is 30.3. The van der Waals surface area contributed by atoms with Crippen molar-refractivity contribution in [2.75, 3.05) is 0 Å². The molecule has 6 heteroatoms. The predicted octanol–water partition coefficient (Wildman–Crippen LogP) is 4.02. The van der Waals surface area contributed by atoms with E-state index >= 15 is 0 Å². The summed E-state index contributed by atoms with van der Waals surface area (Å²) in [7, 11) is 0. The zero-order valence-corrected chi connectivity index (χ0v) is 14.8. The third-order valence-corrected chi connectivity index (χ3v) is 4.51. The molecule has 2 heterocycles.